The van der Waals surface area contributed by atoms with E-state index in [1.54, 1.807) is 0 Å². The van der Waals surface area contributed by atoms with Crippen LogP contribution >= 0.6 is 11.6 Å². The summed E-state index contributed by atoms with van der Waals surface area (Å²) in [6, 6.07) is 8.09. The molecule has 1 aromatic carbocycles. The van der Waals surface area contributed by atoms with Gasteiger partial charge < -0.3 is 14.4 Å². The van der Waals surface area contributed by atoms with Crippen molar-refractivity contribution >= 4 is 17.6 Å². The van der Waals surface area contributed by atoms with Crippen molar-refractivity contribution in [3.63, 3.8) is 0 Å². The molecule has 0 radical (unpaired) electrons. The van der Waals surface area contributed by atoms with Gasteiger partial charge >= 0.3 is 0 Å². The summed E-state index contributed by atoms with van der Waals surface area (Å²) in [5.74, 6) is 0. The van der Waals surface area contributed by atoms with Crippen molar-refractivity contribution in [2.75, 3.05) is 11.9 Å². The molecule has 0 amide bonds. The number of hydrogen-bond donors (Lipinski definition) is 1. The number of anilines is 1. The molecule has 0 aliphatic carbocycles. The minimum atomic E-state index is -0.122. The third-order valence-electron chi connectivity index (χ3n) is 2.39. The molecular weight excluding hydrogens is 240 g/mol. The summed E-state index contributed by atoms with van der Waals surface area (Å²) in [7, 11) is 1.86. The summed E-state index contributed by atoms with van der Waals surface area (Å²) in [4.78, 5) is 5.95. The van der Waals surface area contributed by atoms with Crippen molar-refractivity contribution in [3.05, 3.63) is 46.8 Å². The standard InChI is InChI=1S/C12H13ClN2O2/c1-15(12-14-10(7-16)8-17-12)6-9-4-2-3-5-11(9)13/h2-5,8,16H,6-7H2,1H3. The molecule has 4 nitrogen and oxygen atoms in total. The molecule has 1 N–H and O–H groups in total. The molecule has 0 spiro atoms. The van der Waals surface area contributed by atoms with Crippen LogP contribution in [0.2, 0.25) is 5.02 Å². The minimum Gasteiger partial charge on any atom is -0.432 e. The Labute approximate surface area is 104 Å². The van der Waals surface area contributed by atoms with E-state index in [2.05, 4.69) is 4.98 Å². The van der Waals surface area contributed by atoms with Crippen molar-refractivity contribution in [2.45, 2.75) is 13.2 Å². The molecule has 0 aliphatic heterocycles. The second-order valence-corrected chi connectivity index (χ2v) is 4.13. The Morgan fingerprint density at radius 3 is 2.82 bits per heavy atom. The molecule has 0 fully saturated rings. The Balaban J connectivity index is 2.11. The highest BCUT2D eigenvalue weighted by molar-refractivity contribution is 6.31. The number of rotatable bonds is 4. The largest absolute Gasteiger partial charge is 0.432 e. The number of benzene rings is 1. The molecule has 2 rings (SSSR count). The van der Waals surface area contributed by atoms with E-state index in [0.717, 1.165) is 5.56 Å². The number of aliphatic hydroxyl groups excluding tert-OH is 1. The van der Waals surface area contributed by atoms with Gasteiger partial charge in [-0.25, -0.2) is 0 Å². The highest BCUT2D eigenvalue weighted by Crippen LogP contribution is 2.20. The number of halogens is 1. The fourth-order valence-electron chi connectivity index (χ4n) is 1.49. The fraction of sp³-hybridized carbons (Fsp3) is 0.250. The van der Waals surface area contributed by atoms with Gasteiger partial charge in [-0.05, 0) is 11.6 Å². The SMILES string of the molecule is CN(Cc1ccccc1Cl)c1nc(CO)co1. The third-order valence-corrected chi connectivity index (χ3v) is 2.76. The van der Waals surface area contributed by atoms with Gasteiger partial charge in [0.15, 0.2) is 0 Å². The zero-order valence-corrected chi connectivity index (χ0v) is 10.2. The second-order valence-electron chi connectivity index (χ2n) is 3.73. The average molecular weight is 253 g/mol. The lowest BCUT2D eigenvalue weighted by atomic mass is 10.2. The van der Waals surface area contributed by atoms with Crippen LogP contribution in [0.25, 0.3) is 0 Å². The monoisotopic (exact) mass is 252 g/mol. The third kappa shape index (κ3) is 2.78. The van der Waals surface area contributed by atoms with E-state index in [9.17, 15) is 0 Å². The van der Waals surface area contributed by atoms with Gasteiger partial charge in [-0.1, -0.05) is 29.8 Å². The first kappa shape index (κ1) is 12.0. The molecule has 0 saturated heterocycles. The van der Waals surface area contributed by atoms with Crippen molar-refractivity contribution in [2.24, 2.45) is 0 Å². The highest BCUT2D eigenvalue weighted by Gasteiger charge is 2.10. The number of aliphatic hydroxyl groups is 1. The summed E-state index contributed by atoms with van der Waals surface area (Å²) in [5, 5.41) is 9.62. The van der Waals surface area contributed by atoms with Gasteiger partial charge in [0.25, 0.3) is 6.01 Å². The molecule has 0 saturated carbocycles. The van der Waals surface area contributed by atoms with Crippen LogP contribution in [-0.2, 0) is 13.2 Å². The summed E-state index contributed by atoms with van der Waals surface area (Å²) in [6.45, 7) is 0.481. The summed E-state index contributed by atoms with van der Waals surface area (Å²) in [6.07, 6.45) is 1.44. The van der Waals surface area contributed by atoms with E-state index in [1.165, 1.54) is 6.26 Å². The van der Waals surface area contributed by atoms with Crippen LogP contribution in [0.5, 0.6) is 0 Å². The molecule has 1 aromatic heterocycles. The molecule has 0 aliphatic rings. The van der Waals surface area contributed by atoms with Gasteiger partial charge in [0.2, 0.25) is 0 Å². The van der Waals surface area contributed by atoms with Crippen molar-refractivity contribution in [3.8, 4) is 0 Å². The number of nitrogens with zero attached hydrogens (tertiary/aromatic N) is 2. The highest BCUT2D eigenvalue weighted by atomic mass is 35.5. The fourth-order valence-corrected chi connectivity index (χ4v) is 1.69. The Morgan fingerprint density at radius 1 is 1.41 bits per heavy atom. The van der Waals surface area contributed by atoms with Crippen molar-refractivity contribution in [1.29, 1.82) is 0 Å². The molecule has 17 heavy (non-hydrogen) atoms. The van der Waals surface area contributed by atoms with Gasteiger partial charge in [0.1, 0.15) is 12.0 Å². The summed E-state index contributed by atoms with van der Waals surface area (Å²) in [5.41, 5.74) is 1.52. The van der Waals surface area contributed by atoms with Crippen LogP contribution in [0.1, 0.15) is 11.3 Å². The molecule has 0 atom stereocenters. The molecule has 90 valence electrons. The number of aromatic nitrogens is 1. The summed E-state index contributed by atoms with van der Waals surface area (Å²) < 4.78 is 5.24. The quantitative estimate of drug-likeness (QED) is 0.908. The van der Waals surface area contributed by atoms with Gasteiger partial charge in [-0.15, -0.1) is 0 Å². The average Bonchev–Trinajstić information content (AvgIpc) is 2.81. The number of hydrogen-bond acceptors (Lipinski definition) is 4. The van der Waals surface area contributed by atoms with Gasteiger partial charge in [-0.2, -0.15) is 4.98 Å². The lowest BCUT2D eigenvalue weighted by molar-refractivity contribution is 0.276. The minimum absolute atomic E-state index is 0.122. The van der Waals surface area contributed by atoms with Gasteiger partial charge in [0, 0.05) is 18.6 Å². The molecule has 5 heteroatoms. The van der Waals surface area contributed by atoms with Crippen molar-refractivity contribution < 1.29 is 9.52 Å². The lowest BCUT2D eigenvalue weighted by Gasteiger charge is -2.15. The van der Waals surface area contributed by atoms with Crippen molar-refractivity contribution in [1.82, 2.24) is 4.98 Å². The maximum atomic E-state index is 8.90. The maximum absolute atomic E-state index is 8.90. The Bertz CT molecular complexity index is 499. The molecular formula is C12H13ClN2O2. The van der Waals surface area contributed by atoms with Crippen LogP contribution in [0, 0.1) is 0 Å². The van der Waals surface area contributed by atoms with Crippen LogP contribution < -0.4 is 4.90 Å². The van der Waals surface area contributed by atoms with E-state index in [0.29, 0.717) is 23.3 Å². The Morgan fingerprint density at radius 2 is 2.18 bits per heavy atom. The predicted molar refractivity (Wildman–Crippen MR) is 66.0 cm³/mol. The van der Waals surface area contributed by atoms with Gasteiger partial charge in [0.05, 0.1) is 6.61 Å². The van der Waals surface area contributed by atoms with E-state index < -0.39 is 0 Å². The molecule has 1 heterocycles. The maximum Gasteiger partial charge on any atom is 0.297 e. The zero-order valence-electron chi connectivity index (χ0n) is 9.43. The van der Waals surface area contributed by atoms with Gasteiger partial charge in [-0.3, -0.25) is 0 Å². The van der Waals surface area contributed by atoms with E-state index >= 15 is 0 Å². The number of oxazole rings is 1. The summed E-state index contributed by atoms with van der Waals surface area (Å²) >= 11 is 6.07. The molecule has 2 aromatic rings. The van der Waals surface area contributed by atoms with E-state index in [-0.39, 0.29) is 6.61 Å². The lowest BCUT2D eigenvalue weighted by Crippen LogP contribution is -2.17. The normalized spacial score (nSPS) is 10.5. The first-order chi connectivity index (χ1) is 8.20. The van der Waals surface area contributed by atoms with Crippen LogP contribution in [0.4, 0.5) is 6.01 Å². The second kappa shape index (κ2) is 5.21. The zero-order chi connectivity index (χ0) is 12.3. The van der Waals surface area contributed by atoms with Crippen LogP contribution in [0.15, 0.2) is 34.9 Å². The van der Waals surface area contributed by atoms with E-state index in [1.807, 2.05) is 36.2 Å². The Kier molecular flexibility index (Phi) is 3.66. The predicted octanol–water partition coefficient (Wildman–Crippen LogP) is 2.46. The first-order valence-electron chi connectivity index (χ1n) is 5.20. The van der Waals surface area contributed by atoms with E-state index in [4.69, 9.17) is 21.1 Å². The molecule has 0 bridgehead atoms. The topological polar surface area (TPSA) is 49.5 Å². The van der Waals surface area contributed by atoms with Crippen LogP contribution in [0.3, 0.4) is 0 Å². The Hall–Kier alpha value is -1.52. The van der Waals surface area contributed by atoms with Crippen LogP contribution in [-0.4, -0.2) is 17.1 Å². The first-order valence-corrected chi connectivity index (χ1v) is 5.58. The smallest absolute Gasteiger partial charge is 0.297 e. The molecule has 0 unspecified atom stereocenters.